The molecule has 0 saturated heterocycles. The van der Waals surface area contributed by atoms with Gasteiger partial charge < -0.3 is 4.74 Å². The Bertz CT molecular complexity index is 222. The van der Waals surface area contributed by atoms with E-state index in [9.17, 15) is 13.2 Å². The predicted octanol–water partition coefficient (Wildman–Crippen LogP) is -1.66. The maximum Gasteiger partial charge on any atom is 0.321 e. The summed E-state index contributed by atoms with van der Waals surface area (Å²) in [5.74, 6) is -0.651. The Kier molecular flexibility index (Phi) is 4.01. The first-order valence-corrected chi connectivity index (χ1v) is 4.43. The van der Waals surface area contributed by atoms with E-state index in [1.807, 2.05) is 0 Å². The average Bonchev–Trinajstić information content (AvgIpc) is 1.83. The topological polar surface area (TPSA) is 98.5 Å². The van der Waals surface area contributed by atoms with Gasteiger partial charge in [-0.25, -0.2) is 5.14 Å². The van der Waals surface area contributed by atoms with Gasteiger partial charge in [0.2, 0.25) is 0 Å². The van der Waals surface area contributed by atoms with Crippen LogP contribution in [0.2, 0.25) is 0 Å². The molecule has 0 aromatic heterocycles. The lowest BCUT2D eigenvalue weighted by molar-refractivity contribution is -0.141. The summed E-state index contributed by atoms with van der Waals surface area (Å²) in [6.45, 7) is 1.41. The van der Waals surface area contributed by atoms with Crippen molar-refractivity contribution in [3.8, 4) is 0 Å². The van der Waals surface area contributed by atoms with Gasteiger partial charge in [0.1, 0.15) is 6.54 Å². The number of rotatable bonds is 4. The van der Waals surface area contributed by atoms with Crippen molar-refractivity contribution >= 4 is 16.2 Å². The summed E-state index contributed by atoms with van der Waals surface area (Å²) in [5.41, 5.74) is 0. The molecule has 6 nitrogen and oxygen atoms in total. The van der Waals surface area contributed by atoms with E-state index in [1.54, 1.807) is 11.6 Å². The van der Waals surface area contributed by atoms with E-state index in [4.69, 9.17) is 0 Å². The summed E-state index contributed by atoms with van der Waals surface area (Å²) >= 11 is 0. The third-order valence-corrected chi connectivity index (χ3v) is 1.27. The molecule has 0 heterocycles. The highest BCUT2D eigenvalue weighted by Gasteiger charge is 2.05. The van der Waals surface area contributed by atoms with Crippen LogP contribution in [0.1, 0.15) is 6.92 Å². The van der Waals surface area contributed by atoms with Gasteiger partial charge in [0.15, 0.2) is 0 Å². The van der Waals surface area contributed by atoms with Crippen LogP contribution in [-0.2, 0) is 19.7 Å². The zero-order chi connectivity index (χ0) is 8.91. The first kappa shape index (κ1) is 10.3. The molecule has 0 atom stereocenters. The molecule has 0 aliphatic heterocycles. The molecule has 0 rings (SSSR count). The molecule has 7 heteroatoms. The highest BCUT2D eigenvalue weighted by molar-refractivity contribution is 7.87. The molecule has 0 unspecified atom stereocenters. The van der Waals surface area contributed by atoms with Crippen molar-refractivity contribution in [2.75, 3.05) is 13.2 Å². The Morgan fingerprint density at radius 1 is 1.64 bits per heavy atom. The summed E-state index contributed by atoms with van der Waals surface area (Å²) in [5, 5.41) is 4.53. The van der Waals surface area contributed by atoms with Gasteiger partial charge in [-0.1, -0.05) is 0 Å². The number of hydrogen-bond acceptors (Lipinski definition) is 4. The van der Waals surface area contributed by atoms with E-state index in [-0.39, 0.29) is 6.61 Å². The Hall–Kier alpha value is -0.660. The van der Waals surface area contributed by atoms with Gasteiger partial charge in [-0.15, -0.1) is 0 Å². The van der Waals surface area contributed by atoms with Crippen molar-refractivity contribution in [2.24, 2.45) is 5.14 Å². The molecule has 0 aliphatic rings. The first-order valence-electron chi connectivity index (χ1n) is 2.88. The lowest BCUT2D eigenvalue weighted by Gasteiger charge is -2.00. The number of carbonyl (C=O) groups is 1. The van der Waals surface area contributed by atoms with Crippen molar-refractivity contribution in [1.29, 1.82) is 0 Å². The Labute approximate surface area is 64.9 Å². The van der Waals surface area contributed by atoms with E-state index < -0.39 is 22.7 Å². The average molecular weight is 182 g/mol. The van der Waals surface area contributed by atoms with Gasteiger partial charge in [-0.2, -0.15) is 13.1 Å². The van der Waals surface area contributed by atoms with Gasteiger partial charge in [0.05, 0.1) is 6.61 Å². The van der Waals surface area contributed by atoms with Gasteiger partial charge in [-0.3, -0.25) is 4.79 Å². The molecule has 3 N–H and O–H groups in total. The Balaban J connectivity index is 3.64. The summed E-state index contributed by atoms with van der Waals surface area (Å²) in [7, 11) is -3.79. The second-order valence-electron chi connectivity index (χ2n) is 1.67. The second-order valence-corrected chi connectivity index (χ2v) is 3.05. The predicted molar refractivity (Wildman–Crippen MR) is 37.7 cm³/mol. The van der Waals surface area contributed by atoms with E-state index in [0.29, 0.717) is 0 Å². The van der Waals surface area contributed by atoms with Gasteiger partial charge in [-0.05, 0) is 6.92 Å². The van der Waals surface area contributed by atoms with Crippen molar-refractivity contribution < 1.29 is 17.9 Å². The molecule has 0 spiro atoms. The van der Waals surface area contributed by atoms with E-state index >= 15 is 0 Å². The molecular weight excluding hydrogens is 172 g/mol. The van der Waals surface area contributed by atoms with Crippen LogP contribution in [0, 0.1) is 0 Å². The van der Waals surface area contributed by atoms with Crippen LogP contribution in [0.25, 0.3) is 0 Å². The Morgan fingerprint density at radius 3 is 2.55 bits per heavy atom. The van der Waals surface area contributed by atoms with Gasteiger partial charge >= 0.3 is 5.97 Å². The first-order chi connectivity index (χ1) is 4.95. The van der Waals surface area contributed by atoms with Crippen molar-refractivity contribution in [1.82, 2.24) is 4.72 Å². The van der Waals surface area contributed by atoms with Crippen molar-refractivity contribution in [3.05, 3.63) is 0 Å². The minimum Gasteiger partial charge on any atom is -0.465 e. The summed E-state index contributed by atoms with van der Waals surface area (Å²) in [6.07, 6.45) is 0. The number of ether oxygens (including phenoxy) is 1. The molecule has 0 aromatic rings. The molecule has 0 aliphatic carbocycles. The lowest BCUT2D eigenvalue weighted by atomic mass is 10.7. The molecule has 66 valence electrons. The molecule has 11 heavy (non-hydrogen) atoms. The van der Waals surface area contributed by atoms with Crippen LogP contribution in [0.15, 0.2) is 0 Å². The number of esters is 1. The normalized spacial score (nSPS) is 11.1. The highest BCUT2D eigenvalue weighted by Crippen LogP contribution is 1.75. The standard InChI is InChI=1S/C4H10N2O4S/c1-2-10-4(7)3-6-11(5,8)9/h6H,2-3H2,1H3,(H2,5,8,9). The summed E-state index contributed by atoms with van der Waals surface area (Å²) in [6, 6.07) is 0. The molecule has 0 radical (unpaired) electrons. The van der Waals surface area contributed by atoms with E-state index in [0.717, 1.165) is 0 Å². The quantitative estimate of drug-likeness (QED) is 0.508. The van der Waals surface area contributed by atoms with Crippen LogP contribution >= 0.6 is 0 Å². The summed E-state index contributed by atoms with van der Waals surface area (Å²) in [4.78, 5) is 10.5. The molecule has 0 saturated carbocycles. The smallest absolute Gasteiger partial charge is 0.321 e. The SMILES string of the molecule is CCOC(=O)CNS(N)(=O)=O. The zero-order valence-corrected chi connectivity index (χ0v) is 6.85. The second kappa shape index (κ2) is 4.27. The van der Waals surface area contributed by atoms with Gasteiger partial charge in [0.25, 0.3) is 10.2 Å². The molecular formula is C4H10N2O4S. The third-order valence-electron chi connectivity index (χ3n) is 0.723. The summed E-state index contributed by atoms with van der Waals surface area (Å²) < 4.78 is 26.6. The third kappa shape index (κ3) is 7.23. The zero-order valence-electron chi connectivity index (χ0n) is 6.03. The lowest BCUT2D eigenvalue weighted by Crippen LogP contribution is -2.35. The number of carbonyl (C=O) groups excluding carboxylic acids is 1. The highest BCUT2D eigenvalue weighted by atomic mass is 32.2. The van der Waals surface area contributed by atoms with Crippen LogP contribution in [0.4, 0.5) is 0 Å². The Morgan fingerprint density at radius 2 is 2.18 bits per heavy atom. The van der Waals surface area contributed by atoms with Crippen LogP contribution < -0.4 is 9.86 Å². The van der Waals surface area contributed by atoms with E-state index in [2.05, 4.69) is 9.88 Å². The molecule has 0 aromatic carbocycles. The van der Waals surface area contributed by atoms with Gasteiger partial charge in [0, 0.05) is 0 Å². The van der Waals surface area contributed by atoms with E-state index in [1.165, 1.54) is 0 Å². The van der Waals surface area contributed by atoms with Crippen molar-refractivity contribution in [2.45, 2.75) is 6.92 Å². The molecule has 0 fully saturated rings. The number of nitrogens with two attached hydrogens (primary N) is 1. The largest absolute Gasteiger partial charge is 0.465 e. The monoisotopic (exact) mass is 182 g/mol. The molecule has 0 amide bonds. The number of nitrogens with one attached hydrogen (secondary N) is 1. The minimum absolute atomic E-state index is 0.213. The molecule has 0 bridgehead atoms. The fourth-order valence-electron chi connectivity index (χ4n) is 0.372. The maximum absolute atomic E-state index is 10.5. The van der Waals surface area contributed by atoms with Crippen LogP contribution in [0.5, 0.6) is 0 Å². The minimum atomic E-state index is -3.79. The fraction of sp³-hybridized carbons (Fsp3) is 0.750. The maximum atomic E-state index is 10.5. The van der Waals surface area contributed by atoms with Crippen molar-refractivity contribution in [3.63, 3.8) is 0 Å². The fourth-order valence-corrected chi connectivity index (χ4v) is 0.691. The van der Waals surface area contributed by atoms with Crippen LogP contribution in [-0.4, -0.2) is 27.5 Å². The number of hydrogen-bond donors (Lipinski definition) is 2. The van der Waals surface area contributed by atoms with Crippen LogP contribution in [0.3, 0.4) is 0 Å².